The molecule has 2 aliphatic carbocycles. The van der Waals surface area contributed by atoms with Crippen molar-refractivity contribution in [1.82, 2.24) is 4.98 Å². The number of fused-ring (bicyclic) bond motifs is 8. The summed E-state index contributed by atoms with van der Waals surface area (Å²) in [6.07, 6.45) is 9.44. The molecule has 1 N–H and O–H groups in total. The predicted octanol–water partition coefficient (Wildman–Crippen LogP) is 8.79. The van der Waals surface area contributed by atoms with Crippen molar-refractivity contribution in [3.8, 4) is 0 Å². The number of aromatic nitrogens is 1. The molecule has 0 saturated carbocycles. The first kappa shape index (κ1) is 18.5. The average Bonchev–Trinajstić information content (AvgIpc) is 3.37. The number of aromatic amines is 1. The zero-order valence-corrected chi connectivity index (χ0v) is 19.2. The number of thiophene rings is 1. The lowest BCUT2D eigenvalue weighted by Gasteiger charge is -2.22. The van der Waals surface area contributed by atoms with Crippen LogP contribution in [0.4, 0.5) is 0 Å². The van der Waals surface area contributed by atoms with Crippen molar-refractivity contribution in [2.24, 2.45) is 5.92 Å². The molecule has 0 bridgehead atoms. The Hall–Kier alpha value is -3.10. The molecule has 2 aliphatic rings. The Morgan fingerprint density at radius 3 is 2.72 bits per heavy atom. The van der Waals surface area contributed by atoms with Gasteiger partial charge in [0, 0.05) is 36.8 Å². The van der Waals surface area contributed by atoms with E-state index in [1.54, 1.807) is 10.4 Å². The van der Waals surface area contributed by atoms with Crippen LogP contribution in [0.2, 0.25) is 0 Å². The van der Waals surface area contributed by atoms with Gasteiger partial charge in [0.1, 0.15) is 0 Å². The Labute approximate surface area is 192 Å². The van der Waals surface area contributed by atoms with Crippen LogP contribution in [-0.2, 0) is 6.42 Å². The maximum absolute atomic E-state index is 3.57. The van der Waals surface area contributed by atoms with Gasteiger partial charge in [-0.05, 0) is 82.8 Å². The molecular weight excluding hydrogens is 406 g/mol. The summed E-state index contributed by atoms with van der Waals surface area (Å²) in [6.45, 7) is 4.73. The minimum Gasteiger partial charge on any atom is -0.355 e. The van der Waals surface area contributed by atoms with E-state index in [0.29, 0.717) is 11.8 Å². The zero-order chi connectivity index (χ0) is 21.4. The fraction of sp³-hybridized carbons (Fsp3) is 0.200. The Kier molecular flexibility index (Phi) is 3.87. The van der Waals surface area contributed by atoms with E-state index in [4.69, 9.17) is 0 Å². The molecule has 0 radical (unpaired) electrons. The standard InChI is InChI=1S/C30H25NS/c1-17-7-8-19-10-12-28-29(23(19)13-17)25-16-21(14-18(2)30(25)32-28)20-9-11-27-24(15-20)22-5-3-4-6-26(22)31-27/h3-12,15-18,31H,13-14H2,1-2H3. The Balaban J connectivity index is 1.45. The number of para-hydroxylation sites is 1. The quantitative estimate of drug-likeness (QED) is 0.273. The molecule has 1 nitrogen and oxygen atoms in total. The maximum Gasteiger partial charge on any atom is 0.0465 e. The molecule has 32 heavy (non-hydrogen) atoms. The molecule has 156 valence electrons. The summed E-state index contributed by atoms with van der Waals surface area (Å²) in [6, 6.07) is 20.2. The molecule has 2 unspecified atom stereocenters. The monoisotopic (exact) mass is 431 g/mol. The van der Waals surface area contributed by atoms with Crippen LogP contribution in [0.25, 0.3) is 49.6 Å². The van der Waals surface area contributed by atoms with Gasteiger partial charge in [-0.15, -0.1) is 11.3 Å². The van der Waals surface area contributed by atoms with Gasteiger partial charge in [-0.3, -0.25) is 0 Å². The van der Waals surface area contributed by atoms with E-state index in [1.807, 2.05) is 11.3 Å². The van der Waals surface area contributed by atoms with E-state index in [2.05, 4.69) is 91.7 Å². The second kappa shape index (κ2) is 6.70. The van der Waals surface area contributed by atoms with E-state index in [-0.39, 0.29) is 0 Å². The molecular formula is C30H25NS. The summed E-state index contributed by atoms with van der Waals surface area (Å²) in [5, 5.41) is 4.14. The normalized spacial score (nSPS) is 20.0. The number of H-pyrrole nitrogens is 1. The fourth-order valence-electron chi connectivity index (χ4n) is 5.77. The molecule has 2 atom stereocenters. The summed E-state index contributed by atoms with van der Waals surface area (Å²) in [4.78, 5) is 5.13. The lowest BCUT2D eigenvalue weighted by atomic mass is 9.82. The molecule has 0 aliphatic heterocycles. The van der Waals surface area contributed by atoms with E-state index >= 15 is 0 Å². The molecule has 0 fully saturated rings. The van der Waals surface area contributed by atoms with Crippen molar-refractivity contribution in [2.75, 3.05) is 0 Å². The molecule has 2 aromatic heterocycles. The van der Waals surface area contributed by atoms with Crippen LogP contribution in [0.5, 0.6) is 0 Å². The van der Waals surface area contributed by atoms with Crippen LogP contribution in [0.1, 0.15) is 53.3 Å². The third-order valence-electron chi connectivity index (χ3n) is 7.37. The zero-order valence-electron chi connectivity index (χ0n) is 18.4. The highest BCUT2D eigenvalue weighted by Gasteiger charge is 2.26. The smallest absolute Gasteiger partial charge is 0.0465 e. The molecule has 2 heterocycles. The Morgan fingerprint density at radius 2 is 1.78 bits per heavy atom. The van der Waals surface area contributed by atoms with E-state index in [9.17, 15) is 0 Å². The Bertz CT molecular complexity index is 1610. The first-order valence-corrected chi connectivity index (χ1v) is 12.5. The summed E-state index contributed by atoms with van der Waals surface area (Å²) >= 11 is 2.01. The summed E-state index contributed by atoms with van der Waals surface area (Å²) < 4.78 is 1.45. The maximum atomic E-state index is 3.57. The lowest BCUT2D eigenvalue weighted by molar-refractivity contribution is 0.721. The first-order valence-electron chi connectivity index (χ1n) is 11.6. The number of benzene rings is 3. The van der Waals surface area contributed by atoms with Gasteiger partial charge in [0.25, 0.3) is 0 Å². The van der Waals surface area contributed by atoms with Crippen molar-refractivity contribution in [2.45, 2.75) is 32.6 Å². The lowest BCUT2D eigenvalue weighted by Crippen LogP contribution is -2.05. The fourth-order valence-corrected chi connectivity index (χ4v) is 7.03. The number of nitrogens with one attached hydrogen (secondary N) is 1. The second-order valence-corrected chi connectivity index (χ2v) is 10.7. The van der Waals surface area contributed by atoms with Gasteiger partial charge in [-0.25, -0.2) is 0 Å². The topological polar surface area (TPSA) is 15.8 Å². The largest absolute Gasteiger partial charge is 0.355 e. The summed E-state index contributed by atoms with van der Waals surface area (Å²) in [7, 11) is 0. The van der Waals surface area contributed by atoms with Gasteiger partial charge in [-0.2, -0.15) is 0 Å². The Morgan fingerprint density at radius 1 is 0.906 bits per heavy atom. The SMILES string of the molecule is CC1C=Cc2ccc3sc4c(c3c2C1)C=C(c1ccc2[nH]c3ccccc3c2c1)CC4C. The van der Waals surface area contributed by atoms with Gasteiger partial charge in [0.15, 0.2) is 0 Å². The van der Waals surface area contributed by atoms with Crippen LogP contribution in [-0.4, -0.2) is 4.98 Å². The number of hydrogen-bond donors (Lipinski definition) is 1. The van der Waals surface area contributed by atoms with Gasteiger partial charge in [0.2, 0.25) is 0 Å². The second-order valence-electron chi connectivity index (χ2n) is 9.63. The summed E-state index contributed by atoms with van der Waals surface area (Å²) in [5.74, 6) is 1.16. The number of allylic oxidation sites excluding steroid dienone is 2. The molecule has 0 amide bonds. The average molecular weight is 432 g/mol. The molecule has 0 saturated heterocycles. The first-order chi connectivity index (χ1) is 15.7. The van der Waals surface area contributed by atoms with Crippen molar-refractivity contribution < 1.29 is 0 Å². The van der Waals surface area contributed by atoms with Gasteiger partial charge in [-0.1, -0.05) is 56.3 Å². The third-order valence-corrected chi connectivity index (χ3v) is 8.77. The highest BCUT2D eigenvalue weighted by atomic mass is 32.1. The van der Waals surface area contributed by atoms with Crippen molar-refractivity contribution >= 4 is 61.0 Å². The molecule has 5 aromatic rings. The van der Waals surface area contributed by atoms with E-state index in [1.165, 1.54) is 54.2 Å². The molecule has 0 spiro atoms. The highest BCUT2D eigenvalue weighted by molar-refractivity contribution is 7.19. The molecule has 2 heteroatoms. The number of hydrogen-bond acceptors (Lipinski definition) is 1. The number of rotatable bonds is 1. The molecule has 7 rings (SSSR count). The van der Waals surface area contributed by atoms with Crippen LogP contribution in [0.15, 0.2) is 60.7 Å². The predicted molar refractivity (Wildman–Crippen MR) is 140 cm³/mol. The van der Waals surface area contributed by atoms with Crippen molar-refractivity contribution in [3.05, 3.63) is 87.8 Å². The van der Waals surface area contributed by atoms with E-state index in [0.717, 1.165) is 12.8 Å². The van der Waals surface area contributed by atoms with Crippen LogP contribution in [0, 0.1) is 5.92 Å². The molecule has 3 aromatic carbocycles. The van der Waals surface area contributed by atoms with Crippen LogP contribution >= 0.6 is 11.3 Å². The van der Waals surface area contributed by atoms with Gasteiger partial charge >= 0.3 is 0 Å². The van der Waals surface area contributed by atoms with E-state index < -0.39 is 0 Å². The van der Waals surface area contributed by atoms with Crippen LogP contribution < -0.4 is 0 Å². The van der Waals surface area contributed by atoms with Gasteiger partial charge in [0.05, 0.1) is 0 Å². The highest BCUT2D eigenvalue weighted by Crippen LogP contribution is 2.48. The summed E-state index contributed by atoms with van der Waals surface area (Å²) in [5.41, 5.74) is 9.70. The van der Waals surface area contributed by atoms with Crippen molar-refractivity contribution in [3.63, 3.8) is 0 Å². The van der Waals surface area contributed by atoms with Crippen LogP contribution in [0.3, 0.4) is 0 Å². The third kappa shape index (κ3) is 2.63. The van der Waals surface area contributed by atoms with Gasteiger partial charge < -0.3 is 4.98 Å². The minimum absolute atomic E-state index is 0.549. The van der Waals surface area contributed by atoms with Crippen molar-refractivity contribution in [1.29, 1.82) is 0 Å². The minimum atomic E-state index is 0.549.